The van der Waals surface area contributed by atoms with Gasteiger partial charge in [0.05, 0.1) is 23.9 Å². The van der Waals surface area contributed by atoms with Gasteiger partial charge in [0.15, 0.2) is 0 Å². The summed E-state index contributed by atoms with van der Waals surface area (Å²) in [6.45, 7) is -1.96. The molecule has 66 valence electrons. The van der Waals surface area contributed by atoms with E-state index in [1.165, 1.54) is 0 Å². The van der Waals surface area contributed by atoms with E-state index >= 15 is 0 Å². The van der Waals surface area contributed by atoms with Crippen molar-refractivity contribution in [3.63, 3.8) is 0 Å². The van der Waals surface area contributed by atoms with Crippen molar-refractivity contribution in [3.8, 4) is 0 Å². The van der Waals surface area contributed by atoms with Crippen molar-refractivity contribution in [1.82, 2.24) is 0 Å². The predicted octanol–water partition coefficient (Wildman–Crippen LogP) is -1.81. The van der Waals surface area contributed by atoms with Crippen molar-refractivity contribution in [2.75, 3.05) is 27.6 Å². The lowest BCUT2D eigenvalue weighted by atomic mass is 10.2. The molecule has 0 saturated heterocycles. The molecule has 0 rings (SSSR count). The summed E-state index contributed by atoms with van der Waals surface area (Å²) in [6.07, 6.45) is -1.97. The second-order valence-electron chi connectivity index (χ2n) is 3.21. The molecule has 1 N–H and O–H groups in total. The molecule has 0 fully saturated rings. The Morgan fingerprint density at radius 2 is 2.36 bits per heavy atom. The van der Waals surface area contributed by atoms with Crippen LogP contribution in [0.4, 0.5) is 0 Å². The largest absolute Gasteiger partial charge is 0.550 e. The number of quaternary nitrogens is 1. The van der Waals surface area contributed by atoms with E-state index in [2.05, 4.69) is 5.11 Å². The first kappa shape index (κ1) is 5.97. The Kier molecular flexibility index (Phi) is 2.00. The number of carbonyl (C=O) groups excluding carboxylic acids is 1. The zero-order valence-electron chi connectivity index (χ0n) is 9.96. The van der Waals surface area contributed by atoms with Gasteiger partial charge in [0.2, 0.25) is 1.43 Å². The second-order valence-corrected chi connectivity index (χ2v) is 3.21. The van der Waals surface area contributed by atoms with E-state index in [4.69, 9.17) is 4.17 Å². The van der Waals surface area contributed by atoms with Gasteiger partial charge in [-0.2, -0.15) is 0 Å². The van der Waals surface area contributed by atoms with Crippen molar-refractivity contribution in [2.24, 2.45) is 0 Å². The summed E-state index contributed by atoms with van der Waals surface area (Å²) in [5.74, 6) is -1.43. The van der Waals surface area contributed by atoms with E-state index < -0.39 is 25.0 Å². The summed E-state index contributed by atoms with van der Waals surface area (Å²) in [5, 5.41) is 14.4. The average molecular weight is 164 g/mol. The molecule has 0 amide bonds. The van der Waals surface area contributed by atoms with E-state index in [1.54, 1.807) is 21.1 Å². The van der Waals surface area contributed by atoms with Crippen LogP contribution in [-0.2, 0) is 4.79 Å². The van der Waals surface area contributed by atoms with E-state index in [-0.39, 0.29) is 4.48 Å². The third kappa shape index (κ3) is 7.29. The molecule has 4 heteroatoms. The first-order chi connectivity index (χ1) is 6.13. The number of carbonyl (C=O) groups is 1. The van der Waals surface area contributed by atoms with Crippen LogP contribution in [0.15, 0.2) is 0 Å². The van der Waals surface area contributed by atoms with Crippen LogP contribution in [0.3, 0.4) is 0 Å². The lowest BCUT2D eigenvalue weighted by Crippen LogP contribution is -2.43. The predicted molar refractivity (Wildman–Crippen MR) is 38.5 cm³/mol. The minimum atomic E-state index is -1.96. The second kappa shape index (κ2) is 3.69. The molecule has 0 aliphatic carbocycles. The SMILES string of the molecule is [2H]O[C@H](CC(=O)[O-])C([2H])([2H])[N+](C)(C)C. The van der Waals surface area contributed by atoms with Crippen LogP contribution in [0.2, 0.25) is 0 Å². The summed E-state index contributed by atoms with van der Waals surface area (Å²) in [5.41, 5.74) is 0. The van der Waals surface area contributed by atoms with Gasteiger partial charge < -0.3 is 19.5 Å². The lowest BCUT2D eigenvalue weighted by molar-refractivity contribution is -0.873. The van der Waals surface area contributed by atoms with E-state index in [0.29, 0.717) is 0 Å². The zero-order valence-corrected chi connectivity index (χ0v) is 6.96. The monoisotopic (exact) mass is 164 g/mol. The van der Waals surface area contributed by atoms with Crippen LogP contribution in [-0.4, -0.2) is 50.7 Å². The van der Waals surface area contributed by atoms with E-state index in [0.717, 1.165) is 0 Å². The molecule has 0 heterocycles. The van der Waals surface area contributed by atoms with Gasteiger partial charge in [-0.25, -0.2) is 0 Å². The molecule has 0 unspecified atom stereocenters. The van der Waals surface area contributed by atoms with Crippen LogP contribution in [0, 0.1) is 0 Å². The highest BCUT2D eigenvalue weighted by molar-refractivity contribution is 5.64. The molecule has 0 aromatic rings. The number of aliphatic hydroxyl groups excluding tert-OH is 1. The van der Waals surface area contributed by atoms with Gasteiger partial charge in [-0.3, -0.25) is 0 Å². The molecule has 1 atom stereocenters. The molecule has 0 radical (unpaired) electrons. The van der Waals surface area contributed by atoms with Crippen molar-refractivity contribution in [3.05, 3.63) is 0 Å². The zero-order chi connectivity index (χ0) is 11.6. The lowest BCUT2D eigenvalue weighted by Gasteiger charge is -2.26. The number of likely N-dealkylation sites (N-methyl/N-ethyl adjacent to an activating group) is 1. The Balaban J connectivity index is 4.74. The first-order valence-electron chi connectivity index (χ1n) is 4.67. The van der Waals surface area contributed by atoms with Gasteiger partial charge in [0, 0.05) is 12.4 Å². The minimum Gasteiger partial charge on any atom is -0.550 e. The van der Waals surface area contributed by atoms with E-state index in [1.807, 2.05) is 0 Å². The molecule has 0 spiro atoms. The topological polar surface area (TPSA) is 60.4 Å². The number of carboxylic acid groups (broad SMARTS) is 1. The maximum Gasteiger partial charge on any atom is 0.211 e. The van der Waals surface area contributed by atoms with Crippen LogP contribution < -0.4 is 5.11 Å². The number of rotatable bonds is 5. The molecule has 4 nitrogen and oxygen atoms in total. The molecule has 11 heavy (non-hydrogen) atoms. The average Bonchev–Trinajstić information content (AvgIpc) is 1.97. The van der Waals surface area contributed by atoms with Gasteiger partial charge in [0.1, 0.15) is 12.6 Å². The molecular formula is C7H15NO3. The van der Waals surface area contributed by atoms with Crippen LogP contribution in [0.1, 0.15) is 9.16 Å². The van der Waals surface area contributed by atoms with E-state index in [9.17, 15) is 9.90 Å². The highest BCUT2D eigenvalue weighted by Gasteiger charge is 2.14. The molecule has 0 aliphatic rings. The fourth-order valence-corrected chi connectivity index (χ4v) is 0.629. The van der Waals surface area contributed by atoms with Crippen molar-refractivity contribution >= 4 is 5.97 Å². The minimum absolute atomic E-state index is 0.149. The Morgan fingerprint density at radius 1 is 1.82 bits per heavy atom. The number of nitrogens with zero attached hydrogens (tertiary/aromatic N) is 1. The Bertz CT molecular complexity index is 215. The summed E-state index contributed by atoms with van der Waals surface area (Å²) in [7, 11) is 4.67. The standard InChI is InChI=1S/C7H15NO3/c1-8(2,3)5-6(9)4-7(10)11/h6,9H,4-5H2,1-3H3/t6-/m1/s1/i5D2,9D. The summed E-state index contributed by atoms with van der Waals surface area (Å²) < 4.78 is 21.8. The Morgan fingerprint density at radius 3 is 2.64 bits per heavy atom. The third-order valence-corrected chi connectivity index (χ3v) is 0.883. The fourth-order valence-electron chi connectivity index (χ4n) is 0.629. The van der Waals surface area contributed by atoms with Gasteiger partial charge in [-0.15, -0.1) is 0 Å². The summed E-state index contributed by atoms with van der Waals surface area (Å²) in [6, 6.07) is 0. The number of hydrogen-bond acceptors (Lipinski definition) is 3. The van der Waals surface area contributed by atoms with Crippen molar-refractivity contribution in [2.45, 2.75) is 12.5 Å². The van der Waals surface area contributed by atoms with Gasteiger partial charge in [0.25, 0.3) is 0 Å². The Labute approximate surface area is 71.0 Å². The Hall–Kier alpha value is -0.610. The first-order valence-corrected chi connectivity index (χ1v) is 3.26. The normalized spacial score (nSPS) is 19.7. The van der Waals surface area contributed by atoms with Crippen LogP contribution >= 0.6 is 0 Å². The number of aliphatic hydroxyl groups is 1. The highest BCUT2D eigenvalue weighted by atomic mass is 16.4. The maximum atomic E-state index is 10.3. The molecule has 0 aromatic carbocycles. The molecule has 0 bridgehead atoms. The summed E-state index contributed by atoms with van der Waals surface area (Å²) >= 11 is 0. The van der Waals surface area contributed by atoms with Gasteiger partial charge in [-0.05, 0) is 0 Å². The molecule has 0 saturated carbocycles. The summed E-state index contributed by atoms with van der Waals surface area (Å²) in [4.78, 5) is 10.3. The van der Waals surface area contributed by atoms with Crippen molar-refractivity contribution < 1.29 is 22.2 Å². The van der Waals surface area contributed by atoms with Gasteiger partial charge >= 0.3 is 0 Å². The van der Waals surface area contributed by atoms with Crippen LogP contribution in [0.5, 0.6) is 0 Å². The number of hydrogen-bond donors (Lipinski definition) is 1. The fraction of sp³-hybridized carbons (Fsp3) is 0.857. The smallest absolute Gasteiger partial charge is 0.211 e. The number of carboxylic acids is 1. The quantitative estimate of drug-likeness (QED) is 0.487. The molecule has 0 aromatic heterocycles. The maximum absolute atomic E-state index is 10.3. The van der Waals surface area contributed by atoms with Crippen LogP contribution in [0.25, 0.3) is 0 Å². The van der Waals surface area contributed by atoms with Crippen molar-refractivity contribution in [1.29, 1.82) is 1.43 Å². The third-order valence-electron chi connectivity index (χ3n) is 0.883. The number of aliphatic carboxylic acids is 1. The molecular weight excluding hydrogens is 146 g/mol. The highest BCUT2D eigenvalue weighted by Crippen LogP contribution is 1.97. The van der Waals surface area contributed by atoms with Gasteiger partial charge in [-0.1, -0.05) is 0 Å². The molecule has 0 aliphatic heterocycles.